The lowest BCUT2D eigenvalue weighted by atomic mass is 10.2. The Morgan fingerprint density at radius 3 is 2.83 bits per heavy atom. The predicted molar refractivity (Wildman–Crippen MR) is 106 cm³/mol. The SMILES string of the molecule is CC(C)=CC=Cc1nsc2cc(OCCCCCCBr)ccc12. The molecule has 0 aliphatic rings. The minimum Gasteiger partial charge on any atom is -0.494 e. The first-order chi connectivity index (χ1) is 11.2. The van der Waals surface area contributed by atoms with Gasteiger partial charge in [0.05, 0.1) is 17.0 Å². The average Bonchev–Trinajstić information content (AvgIpc) is 2.93. The van der Waals surface area contributed by atoms with Crippen LogP contribution in [-0.2, 0) is 0 Å². The van der Waals surface area contributed by atoms with Crippen LogP contribution in [0.4, 0.5) is 0 Å². The Balaban J connectivity index is 1.93. The van der Waals surface area contributed by atoms with E-state index >= 15 is 0 Å². The molecule has 1 aromatic heterocycles. The van der Waals surface area contributed by atoms with Gasteiger partial charge in [0.2, 0.25) is 0 Å². The molecule has 0 radical (unpaired) electrons. The largest absolute Gasteiger partial charge is 0.494 e. The van der Waals surface area contributed by atoms with E-state index in [1.807, 2.05) is 6.07 Å². The number of aromatic nitrogens is 1. The van der Waals surface area contributed by atoms with Crippen LogP contribution in [0.1, 0.15) is 45.2 Å². The Bertz CT molecular complexity index is 671. The van der Waals surface area contributed by atoms with E-state index < -0.39 is 0 Å². The summed E-state index contributed by atoms with van der Waals surface area (Å²) in [4.78, 5) is 0. The van der Waals surface area contributed by atoms with E-state index in [9.17, 15) is 0 Å². The molecule has 2 nitrogen and oxygen atoms in total. The fourth-order valence-corrected chi connectivity index (χ4v) is 3.41. The molecule has 23 heavy (non-hydrogen) atoms. The molecule has 2 rings (SSSR count). The van der Waals surface area contributed by atoms with Gasteiger partial charge in [-0.05, 0) is 62.5 Å². The molecule has 1 heterocycles. The maximum absolute atomic E-state index is 5.86. The highest BCUT2D eigenvalue weighted by molar-refractivity contribution is 9.09. The Kier molecular flexibility index (Phi) is 7.83. The highest BCUT2D eigenvalue weighted by atomic mass is 79.9. The molecular formula is C19H24BrNOS. The number of halogens is 1. The van der Waals surface area contributed by atoms with Crippen molar-refractivity contribution in [1.82, 2.24) is 4.37 Å². The van der Waals surface area contributed by atoms with Crippen LogP contribution in [0.5, 0.6) is 5.75 Å². The Morgan fingerprint density at radius 1 is 1.22 bits per heavy atom. The Labute approximate surface area is 151 Å². The Morgan fingerprint density at radius 2 is 2.04 bits per heavy atom. The topological polar surface area (TPSA) is 22.1 Å². The number of benzene rings is 1. The van der Waals surface area contributed by atoms with Crippen molar-refractivity contribution in [3.8, 4) is 5.75 Å². The predicted octanol–water partition coefficient (Wildman–Crippen LogP) is 6.61. The van der Waals surface area contributed by atoms with Gasteiger partial charge in [0.1, 0.15) is 5.75 Å². The number of rotatable bonds is 9. The zero-order chi connectivity index (χ0) is 16.5. The number of nitrogens with zero attached hydrogens (tertiary/aromatic N) is 1. The third-order valence-electron chi connectivity index (χ3n) is 3.45. The zero-order valence-corrected chi connectivity index (χ0v) is 16.3. The van der Waals surface area contributed by atoms with Crippen LogP contribution >= 0.6 is 27.5 Å². The van der Waals surface area contributed by atoms with Crippen LogP contribution < -0.4 is 4.74 Å². The first-order valence-electron chi connectivity index (χ1n) is 8.10. The summed E-state index contributed by atoms with van der Waals surface area (Å²) in [6.07, 6.45) is 11.1. The molecule has 0 N–H and O–H groups in total. The number of ether oxygens (including phenoxy) is 1. The second-order valence-corrected chi connectivity index (χ2v) is 7.38. The lowest BCUT2D eigenvalue weighted by Gasteiger charge is -2.05. The highest BCUT2D eigenvalue weighted by Crippen LogP contribution is 2.28. The second kappa shape index (κ2) is 9.89. The summed E-state index contributed by atoms with van der Waals surface area (Å²) in [5, 5.41) is 2.29. The molecular weight excluding hydrogens is 370 g/mol. The molecule has 0 atom stereocenters. The Hall–Kier alpha value is -1.13. The van der Waals surface area contributed by atoms with Crippen LogP contribution in [0.3, 0.4) is 0 Å². The van der Waals surface area contributed by atoms with Crippen LogP contribution in [0.25, 0.3) is 16.2 Å². The van der Waals surface area contributed by atoms with Crippen molar-refractivity contribution in [3.05, 3.63) is 41.6 Å². The molecule has 0 spiro atoms. The maximum Gasteiger partial charge on any atom is 0.120 e. The van der Waals surface area contributed by atoms with E-state index in [0.717, 1.165) is 29.8 Å². The van der Waals surface area contributed by atoms with Crippen LogP contribution in [-0.4, -0.2) is 16.3 Å². The van der Waals surface area contributed by atoms with E-state index in [2.05, 4.69) is 64.5 Å². The molecule has 0 aliphatic heterocycles. The summed E-state index contributed by atoms with van der Waals surface area (Å²) in [6.45, 7) is 4.97. The number of allylic oxidation sites excluding steroid dienone is 3. The number of fused-ring (bicyclic) bond motifs is 1. The lowest BCUT2D eigenvalue weighted by molar-refractivity contribution is 0.305. The van der Waals surface area contributed by atoms with Crippen LogP contribution in [0, 0.1) is 0 Å². The molecule has 0 amide bonds. The molecule has 1 aromatic carbocycles. The summed E-state index contributed by atoms with van der Waals surface area (Å²) >= 11 is 4.99. The van der Waals surface area contributed by atoms with E-state index in [1.54, 1.807) is 0 Å². The lowest BCUT2D eigenvalue weighted by Crippen LogP contribution is -1.97. The molecule has 0 saturated carbocycles. The van der Waals surface area contributed by atoms with Gasteiger partial charge in [-0.1, -0.05) is 46.5 Å². The van der Waals surface area contributed by atoms with Gasteiger partial charge in [-0.2, -0.15) is 4.37 Å². The summed E-state index contributed by atoms with van der Waals surface area (Å²) in [5.41, 5.74) is 2.32. The molecule has 124 valence electrons. The normalized spacial score (nSPS) is 11.3. The fourth-order valence-electron chi connectivity index (χ4n) is 2.22. The smallest absolute Gasteiger partial charge is 0.120 e. The third-order valence-corrected chi connectivity index (χ3v) is 4.83. The number of hydrogen-bond donors (Lipinski definition) is 0. The molecule has 2 aromatic rings. The van der Waals surface area contributed by atoms with Gasteiger partial charge in [0.25, 0.3) is 0 Å². The maximum atomic E-state index is 5.86. The molecule has 0 saturated heterocycles. The number of alkyl halides is 1. The van der Waals surface area contributed by atoms with Crippen LogP contribution in [0.2, 0.25) is 0 Å². The van der Waals surface area contributed by atoms with E-state index in [-0.39, 0.29) is 0 Å². The second-order valence-electron chi connectivity index (χ2n) is 5.78. The van der Waals surface area contributed by atoms with Crippen molar-refractivity contribution in [2.45, 2.75) is 39.5 Å². The van der Waals surface area contributed by atoms with Gasteiger partial charge in [-0.25, -0.2) is 0 Å². The summed E-state index contributed by atoms with van der Waals surface area (Å²) < 4.78 is 11.6. The van der Waals surface area contributed by atoms with Crippen molar-refractivity contribution in [2.24, 2.45) is 0 Å². The fraction of sp³-hybridized carbons (Fsp3) is 0.421. The van der Waals surface area contributed by atoms with E-state index in [1.165, 1.54) is 46.5 Å². The van der Waals surface area contributed by atoms with Crippen molar-refractivity contribution in [2.75, 3.05) is 11.9 Å². The third kappa shape index (κ3) is 6.11. The first kappa shape index (κ1) is 18.2. The highest BCUT2D eigenvalue weighted by Gasteiger charge is 2.05. The average molecular weight is 394 g/mol. The molecule has 0 unspecified atom stereocenters. The van der Waals surface area contributed by atoms with Crippen molar-refractivity contribution in [3.63, 3.8) is 0 Å². The zero-order valence-electron chi connectivity index (χ0n) is 13.8. The van der Waals surface area contributed by atoms with Crippen LogP contribution in [0.15, 0.2) is 35.9 Å². The first-order valence-corrected chi connectivity index (χ1v) is 10.00. The van der Waals surface area contributed by atoms with E-state index in [0.29, 0.717) is 0 Å². The number of hydrogen-bond acceptors (Lipinski definition) is 3. The summed E-state index contributed by atoms with van der Waals surface area (Å²) in [5.74, 6) is 0.946. The summed E-state index contributed by atoms with van der Waals surface area (Å²) in [6, 6.07) is 6.26. The molecule has 4 heteroatoms. The monoisotopic (exact) mass is 393 g/mol. The van der Waals surface area contributed by atoms with Crippen molar-refractivity contribution < 1.29 is 4.74 Å². The van der Waals surface area contributed by atoms with Gasteiger partial charge in [0, 0.05) is 10.7 Å². The minimum atomic E-state index is 0.792. The van der Waals surface area contributed by atoms with E-state index in [4.69, 9.17) is 4.74 Å². The quantitative estimate of drug-likeness (QED) is 0.271. The summed E-state index contributed by atoms with van der Waals surface area (Å²) in [7, 11) is 0. The van der Waals surface area contributed by atoms with Gasteiger partial charge in [-0.15, -0.1) is 0 Å². The minimum absolute atomic E-state index is 0.792. The molecule has 0 bridgehead atoms. The standard InChI is InChI=1S/C19H24BrNOS/c1-15(2)8-7-9-18-17-11-10-16(14-19(17)23-21-18)22-13-6-4-3-5-12-20/h7-11,14H,3-6,12-13H2,1-2H3. The molecule has 0 fully saturated rings. The van der Waals surface area contributed by atoms with Gasteiger partial charge < -0.3 is 4.74 Å². The van der Waals surface area contributed by atoms with Gasteiger partial charge in [-0.3, -0.25) is 0 Å². The number of unbranched alkanes of at least 4 members (excludes halogenated alkanes) is 3. The van der Waals surface area contributed by atoms with Gasteiger partial charge >= 0.3 is 0 Å². The van der Waals surface area contributed by atoms with Gasteiger partial charge in [0.15, 0.2) is 0 Å². The molecule has 0 aliphatic carbocycles. The van der Waals surface area contributed by atoms with Crippen molar-refractivity contribution >= 4 is 43.6 Å². The van der Waals surface area contributed by atoms with Crippen molar-refractivity contribution in [1.29, 1.82) is 0 Å².